The molecule has 1 aromatic heterocycles. The van der Waals surface area contributed by atoms with Crippen molar-refractivity contribution in [2.24, 2.45) is 0 Å². The first-order chi connectivity index (χ1) is 6.91. The highest BCUT2D eigenvalue weighted by molar-refractivity contribution is 5.69. The molecule has 1 rings (SSSR count). The standard InChI is InChI=1S/C9H9F2NO3/c1-4-6(13)2-5(3-7(14)15)12-8(4)9(10)11/h2,9H,3H2,1H3,(H,12,13)(H,14,15). The third kappa shape index (κ3) is 2.61. The van der Waals surface area contributed by atoms with Gasteiger partial charge in [-0.25, -0.2) is 8.78 Å². The number of halogens is 2. The van der Waals surface area contributed by atoms with E-state index in [0.717, 1.165) is 6.07 Å². The van der Waals surface area contributed by atoms with Crippen LogP contribution in [0.25, 0.3) is 0 Å². The molecule has 0 unspecified atom stereocenters. The van der Waals surface area contributed by atoms with Crippen molar-refractivity contribution < 1.29 is 18.7 Å². The lowest BCUT2D eigenvalue weighted by molar-refractivity contribution is -0.136. The fraction of sp³-hybridized carbons (Fsp3) is 0.333. The first kappa shape index (κ1) is 11.4. The highest BCUT2D eigenvalue weighted by atomic mass is 19.3. The Hall–Kier alpha value is -1.72. The number of aliphatic carboxylic acids is 1. The fourth-order valence-electron chi connectivity index (χ4n) is 1.18. The Morgan fingerprint density at radius 3 is 2.67 bits per heavy atom. The summed E-state index contributed by atoms with van der Waals surface area (Å²) < 4.78 is 24.8. The molecule has 82 valence electrons. The van der Waals surface area contributed by atoms with Crippen LogP contribution in [-0.2, 0) is 11.2 Å². The van der Waals surface area contributed by atoms with Gasteiger partial charge in [-0.1, -0.05) is 0 Å². The van der Waals surface area contributed by atoms with Crippen molar-refractivity contribution in [2.45, 2.75) is 19.8 Å². The quantitative estimate of drug-likeness (QED) is 0.800. The number of carboxylic acids is 1. The predicted molar refractivity (Wildman–Crippen MR) is 48.1 cm³/mol. The zero-order valence-electron chi connectivity index (χ0n) is 7.88. The Morgan fingerprint density at radius 1 is 1.60 bits per heavy atom. The number of hydrogen-bond donors (Lipinski definition) is 2. The zero-order valence-corrected chi connectivity index (χ0v) is 7.88. The van der Waals surface area contributed by atoms with E-state index in [1.807, 2.05) is 0 Å². The van der Waals surface area contributed by atoms with E-state index in [1.165, 1.54) is 6.92 Å². The molecule has 0 saturated heterocycles. The van der Waals surface area contributed by atoms with Gasteiger partial charge < -0.3 is 10.1 Å². The molecule has 4 nitrogen and oxygen atoms in total. The first-order valence-electron chi connectivity index (χ1n) is 4.14. The molecule has 0 aliphatic rings. The molecule has 6 heteroatoms. The van der Waals surface area contributed by atoms with Gasteiger partial charge in [-0.05, 0) is 6.92 Å². The number of carbonyl (C=O) groups is 1. The van der Waals surface area contributed by atoms with Gasteiger partial charge >= 0.3 is 5.97 Å². The fourth-order valence-corrected chi connectivity index (χ4v) is 1.18. The number of H-pyrrole nitrogens is 1. The van der Waals surface area contributed by atoms with Crippen LogP contribution in [-0.4, -0.2) is 16.1 Å². The monoisotopic (exact) mass is 217 g/mol. The van der Waals surface area contributed by atoms with Crippen LogP contribution < -0.4 is 5.43 Å². The van der Waals surface area contributed by atoms with Crippen molar-refractivity contribution in [2.75, 3.05) is 0 Å². The van der Waals surface area contributed by atoms with E-state index in [-0.39, 0.29) is 11.3 Å². The number of aromatic nitrogens is 1. The molecule has 0 aromatic carbocycles. The Bertz CT molecular complexity index is 439. The first-order valence-corrected chi connectivity index (χ1v) is 4.14. The van der Waals surface area contributed by atoms with Crippen LogP contribution in [0.15, 0.2) is 10.9 Å². The van der Waals surface area contributed by atoms with Gasteiger partial charge in [-0.15, -0.1) is 0 Å². The topological polar surface area (TPSA) is 70.2 Å². The molecule has 2 N–H and O–H groups in total. The summed E-state index contributed by atoms with van der Waals surface area (Å²) in [4.78, 5) is 23.8. The second kappa shape index (κ2) is 4.20. The van der Waals surface area contributed by atoms with Crippen LogP contribution in [0.5, 0.6) is 0 Å². The minimum Gasteiger partial charge on any atom is -0.481 e. The minimum atomic E-state index is -2.81. The number of nitrogens with one attached hydrogen (secondary N) is 1. The number of aromatic amines is 1. The molecule has 0 saturated carbocycles. The predicted octanol–water partition coefficient (Wildman–Crippen LogP) is 1.25. The molecule has 1 heterocycles. The van der Waals surface area contributed by atoms with Gasteiger partial charge in [-0.3, -0.25) is 9.59 Å². The molecule has 15 heavy (non-hydrogen) atoms. The van der Waals surface area contributed by atoms with Crippen LogP contribution in [0.2, 0.25) is 0 Å². The average Bonchev–Trinajstić information content (AvgIpc) is 2.09. The normalized spacial score (nSPS) is 10.7. The number of hydrogen-bond acceptors (Lipinski definition) is 2. The summed E-state index contributed by atoms with van der Waals surface area (Å²) in [6.45, 7) is 1.27. The Morgan fingerprint density at radius 2 is 2.20 bits per heavy atom. The molecule has 0 aliphatic heterocycles. The van der Waals surface area contributed by atoms with Crippen molar-refractivity contribution in [3.63, 3.8) is 0 Å². The maximum atomic E-state index is 12.4. The van der Waals surface area contributed by atoms with E-state index in [2.05, 4.69) is 4.98 Å². The number of carboxylic acid groups (broad SMARTS) is 1. The van der Waals surface area contributed by atoms with Gasteiger partial charge in [0.25, 0.3) is 6.43 Å². The van der Waals surface area contributed by atoms with E-state index in [0.29, 0.717) is 0 Å². The van der Waals surface area contributed by atoms with E-state index in [4.69, 9.17) is 5.11 Å². The number of alkyl halides is 2. The zero-order chi connectivity index (χ0) is 11.6. The molecule has 0 radical (unpaired) electrons. The van der Waals surface area contributed by atoms with Crippen molar-refractivity contribution in [1.82, 2.24) is 4.98 Å². The van der Waals surface area contributed by atoms with Crippen LogP contribution >= 0.6 is 0 Å². The molecule has 0 spiro atoms. The van der Waals surface area contributed by atoms with Gasteiger partial charge in [0, 0.05) is 17.3 Å². The largest absolute Gasteiger partial charge is 0.481 e. The lowest BCUT2D eigenvalue weighted by Crippen LogP contribution is -2.15. The van der Waals surface area contributed by atoms with Crippen molar-refractivity contribution in [3.05, 3.63) is 33.2 Å². The Balaban J connectivity index is 3.23. The summed E-state index contributed by atoms with van der Waals surface area (Å²) in [6.07, 6.45) is -3.29. The van der Waals surface area contributed by atoms with Crippen molar-refractivity contribution >= 4 is 5.97 Å². The van der Waals surface area contributed by atoms with Gasteiger partial charge in [0.2, 0.25) is 0 Å². The summed E-state index contributed by atoms with van der Waals surface area (Å²) in [6, 6.07) is 1.02. The highest BCUT2D eigenvalue weighted by Gasteiger charge is 2.15. The summed E-state index contributed by atoms with van der Waals surface area (Å²) in [7, 11) is 0. The molecule has 0 atom stereocenters. The van der Waals surface area contributed by atoms with Gasteiger partial charge in [0.05, 0.1) is 12.1 Å². The number of rotatable bonds is 3. The van der Waals surface area contributed by atoms with Crippen LogP contribution in [0.4, 0.5) is 8.78 Å². The lowest BCUT2D eigenvalue weighted by Gasteiger charge is -2.06. The maximum Gasteiger partial charge on any atom is 0.309 e. The second-order valence-electron chi connectivity index (χ2n) is 3.07. The smallest absolute Gasteiger partial charge is 0.309 e. The SMILES string of the molecule is Cc1c(C(F)F)[nH]c(CC(=O)O)cc1=O. The van der Waals surface area contributed by atoms with Crippen LogP contribution in [0, 0.1) is 6.92 Å². The molecule has 0 bridgehead atoms. The van der Waals surface area contributed by atoms with E-state index in [9.17, 15) is 18.4 Å². The van der Waals surface area contributed by atoms with Crippen LogP contribution in [0.1, 0.15) is 23.4 Å². The Kier molecular flexibility index (Phi) is 3.18. The van der Waals surface area contributed by atoms with Gasteiger partial charge in [-0.2, -0.15) is 0 Å². The molecular weight excluding hydrogens is 208 g/mol. The molecule has 0 fully saturated rings. The van der Waals surface area contributed by atoms with Crippen molar-refractivity contribution in [1.29, 1.82) is 0 Å². The Labute approximate surface area is 83.6 Å². The van der Waals surface area contributed by atoms with E-state index < -0.39 is 29.9 Å². The summed E-state index contributed by atoms with van der Waals surface area (Å²) >= 11 is 0. The second-order valence-corrected chi connectivity index (χ2v) is 3.07. The van der Waals surface area contributed by atoms with Crippen molar-refractivity contribution in [3.8, 4) is 0 Å². The highest BCUT2D eigenvalue weighted by Crippen LogP contribution is 2.18. The molecular formula is C9H9F2NO3. The van der Waals surface area contributed by atoms with Gasteiger partial charge in [0.15, 0.2) is 5.43 Å². The molecule has 0 aliphatic carbocycles. The average molecular weight is 217 g/mol. The third-order valence-corrected chi connectivity index (χ3v) is 1.93. The third-order valence-electron chi connectivity index (χ3n) is 1.93. The van der Waals surface area contributed by atoms with Gasteiger partial charge in [0.1, 0.15) is 0 Å². The molecule has 1 aromatic rings. The lowest BCUT2D eigenvalue weighted by atomic mass is 10.1. The van der Waals surface area contributed by atoms with E-state index >= 15 is 0 Å². The minimum absolute atomic E-state index is 0.0200. The molecule has 0 amide bonds. The van der Waals surface area contributed by atoms with E-state index in [1.54, 1.807) is 0 Å². The summed E-state index contributed by atoms with van der Waals surface area (Å²) in [5, 5.41) is 8.45. The number of pyridine rings is 1. The van der Waals surface area contributed by atoms with Crippen LogP contribution in [0.3, 0.4) is 0 Å². The summed E-state index contributed by atoms with van der Waals surface area (Å²) in [5.41, 5.74) is -1.20. The maximum absolute atomic E-state index is 12.4. The summed E-state index contributed by atoms with van der Waals surface area (Å²) in [5.74, 6) is -1.19.